The quantitative estimate of drug-likeness (QED) is 0.852. The van der Waals surface area contributed by atoms with Crippen molar-refractivity contribution in [3.05, 3.63) is 17.3 Å². The molecule has 0 amide bonds. The minimum atomic E-state index is -3.72. The lowest BCUT2D eigenvalue weighted by Crippen LogP contribution is -2.32. The molecule has 0 saturated carbocycles. The third kappa shape index (κ3) is 3.17. The topological polar surface area (TPSA) is 110 Å². The van der Waals surface area contributed by atoms with Crippen LogP contribution in [0.4, 0.5) is 0 Å². The Labute approximate surface area is 134 Å². The Kier molecular flexibility index (Phi) is 4.26. The van der Waals surface area contributed by atoms with Crippen LogP contribution in [0.15, 0.2) is 9.31 Å². The highest BCUT2D eigenvalue weighted by Gasteiger charge is 2.29. The van der Waals surface area contributed by atoms with Crippen LogP contribution in [0.2, 0.25) is 0 Å². The molecule has 126 valence electrons. The highest BCUT2D eigenvalue weighted by atomic mass is 32.2. The van der Waals surface area contributed by atoms with Crippen molar-refractivity contribution in [2.24, 2.45) is 0 Å². The van der Waals surface area contributed by atoms with Gasteiger partial charge in [0, 0.05) is 31.5 Å². The van der Waals surface area contributed by atoms with Crippen LogP contribution in [0.1, 0.15) is 30.1 Å². The van der Waals surface area contributed by atoms with Gasteiger partial charge in [-0.1, -0.05) is 0 Å². The summed E-state index contributed by atoms with van der Waals surface area (Å²) in [6, 6.07) is 0. The largest absolute Gasteiger partial charge is 0.421 e. The van der Waals surface area contributed by atoms with Gasteiger partial charge in [-0.3, -0.25) is 0 Å². The minimum Gasteiger partial charge on any atom is -0.421 e. The Morgan fingerprint density at radius 3 is 2.65 bits per heavy atom. The molecule has 0 aliphatic carbocycles. The molecule has 9 heteroatoms. The van der Waals surface area contributed by atoms with Gasteiger partial charge in [0.2, 0.25) is 15.9 Å². The highest BCUT2D eigenvalue weighted by Crippen LogP contribution is 2.32. The van der Waals surface area contributed by atoms with Gasteiger partial charge in [-0.15, -0.1) is 10.2 Å². The van der Waals surface area contributed by atoms with E-state index in [2.05, 4.69) is 19.9 Å². The number of rotatable bonds is 5. The molecule has 2 N–H and O–H groups in total. The Morgan fingerprint density at radius 2 is 2.04 bits per heavy atom. The van der Waals surface area contributed by atoms with Crippen LogP contribution in [-0.2, 0) is 14.8 Å². The summed E-state index contributed by atoms with van der Waals surface area (Å²) in [6.07, 6.45) is 1.75. The fourth-order valence-corrected chi connectivity index (χ4v) is 4.34. The number of sulfonamides is 1. The van der Waals surface area contributed by atoms with Crippen LogP contribution in [0.25, 0.3) is 11.5 Å². The number of hydrogen-bond acceptors (Lipinski definition) is 6. The van der Waals surface area contributed by atoms with Crippen LogP contribution in [0.5, 0.6) is 0 Å². The first-order chi connectivity index (χ1) is 10.9. The Bertz CT molecular complexity index is 803. The average Bonchev–Trinajstić information content (AvgIpc) is 3.17. The van der Waals surface area contributed by atoms with Crippen LogP contribution in [0, 0.1) is 20.8 Å². The average molecular weight is 340 g/mol. The van der Waals surface area contributed by atoms with Crippen LogP contribution < -0.4 is 4.72 Å². The second-order valence-corrected chi connectivity index (χ2v) is 7.40. The zero-order valence-corrected chi connectivity index (χ0v) is 14.2. The first-order valence-corrected chi connectivity index (χ1v) is 8.97. The van der Waals surface area contributed by atoms with E-state index in [1.54, 1.807) is 20.8 Å². The van der Waals surface area contributed by atoms with Crippen molar-refractivity contribution in [2.45, 2.75) is 44.6 Å². The molecule has 0 spiro atoms. The zero-order valence-electron chi connectivity index (χ0n) is 13.3. The minimum absolute atomic E-state index is 0.0702. The molecule has 1 fully saturated rings. The number of H-pyrrole nitrogens is 1. The van der Waals surface area contributed by atoms with Crippen LogP contribution in [0.3, 0.4) is 0 Å². The third-order valence-corrected chi connectivity index (χ3v) is 5.45. The van der Waals surface area contributed by atoms with Gasteiger partial charge in [0.05, 0.1) is 11.7 Å². The fourth-order valence-electron chi connectivity index (χ4n) is 2.83. The summed E-state index contributed by atoms with van der Waals surface area (Å²) < 4.78 is 39.0. The maximum Gasteiger partial charge on any atom is 0.250 e. The summed E-state index contributed by atoms with van der Waals surface area (Å²) in [4.78, 5) is 3.19. The Balaban J connectivity index is 1.94. The van der Waals surface area contributed by atoms with Crippen molar-refractivity contribution in [1.29, 1.82) is 0 Å². The van der Waals surface area contributed by atoms with Gasteiger partial charge < -0.3 is 14.1 Å². The number of aromatic nitrogens is 3. The predicted molar refractivity (Wildman–Crippen MR) is 82.5 cm³/mol. The molecular formula is C14H20N4O4S. The van der Waals surface area contributed by atoms with Crippen LogP contribution in [-0.4, -0.2) is 42.9 Å². The summed E-state index contributed by atoms with van der Waals surface area (Å²) >= 11 is 0. The van der Waals surface area contributed by atoms with E-state index in [4.69, 9.17) is 9.15 Å². The summed E-state index contributed by atoms with van der Waals surface area (Å²) in [5.74, 6) is 0.579. The van der Waals surface area contributed by atoms with E-state index in [1.165, 1.54) is 0 Å². The monoisotopic (exact) mass is 340 g/mol. The molecule has 2 aromatic heterocycles. The molecule has 0 bridgehead atoms. The SMILES string of the molecule is Cc1nnc(-c2c(C)[nH]c(C)c2S(=O)(=O)NC[C@H]2CCCO2)o1. The predicted octanol–water partition coefficient (Wildman–Crippen LogP) is 1.45. The lowest BCUT2D eigenvalue weighted by atomic mass is 10.2. The summed E-state index contributed by atoms with van der Waals surface area (Å²) in [7, 11) is -3.72. The van der Waals surface area contributed by atoms with Crippen molar-refractivity contribution in [3.8, 4) is 11.5 Å². The van der Waals surface area contributed by atoms with Crippen molar-refractivity contribution in [1.82, 2.24) is 19.9 Å². The third-order valence-electron chi connectivity index (χ3n) is 3.85. The van der Waals surface area contributed by atoms with Crippen LogP contribution >= 0.6 is 0 Å². The van der Waals surface area contributed by atoms with Gasteiger partial charge in [-0.2, -0.15) is 0 Å². The van der Waals surface area contributed by atoms with Crippen molar-refractivity contribution in [3.63, 3.8) is 0 Å². The number of nitrogens with zero attached hydrogens (tertiary/aromatic N) is 2. The van der Waals surface area contributed by atoms with Gasteiger partial charge in [-0.05, 0) is 26.7 Å². The molecule has 2 aromatic rings. The maximum absolute atomic E-state index is 12.7. The number of aromatic amines is 1. The summed E-state index contributed by atoms with van der Waals surface area (Å²) in [5.41, 5.74) is 1.62. The van der Waals surface area contributed by atoms with Gasteiger partial charge in [-0.25, -0.2) is 13.1 Å². The first-order valence-electron chi connectivity index (χ1n) is 7.49. The number of aryl methyl sites for hydroxylation is 3. The van der Waals surface area contributed by atoms with E-state index in [1.807, 2.05) is 0 Å². The molecule has 0 aromatic carbocycles. The van der Waals surface area contributed by atoms with E-state index in [-0.39, 0.29) is 23.4 Å². The smallest absolute Gasteiger partial charge is 0.250 e. The van der Waals surface area contributed by atoms with Crippen molar-refractivity contribution in [2.75, 3.05) is 13.2 Å². The van der Waals surface area contributed by atoms with E-state index in [9.17, 15) is 8.42 Å². The fraction of sp³-hybridized carbons (Fsp3) is 0.571. The molecule has 1 aliphatic rings. The van der Waals surface area contributed by atoms with Crippen molar-refractivity contribution < 1.29 is 17.6 Å². The Hall–Kier alpha value is -1.71. The molecule has 23 heavy (non-hydrogen) atoms. The molecule has 0 unspecified atom stereocenters. The zero-order chi connectivity index (χ0) is 16.6. The lowest BCUT2D eigenvalue weighted by molar-refractivity contribution is 0.114. The molecular weight excluding hydrogens is 320 g/mol. The summed E-state index contributed by atoms with van der Waals surface area (Å²) in [6.45, 7) is 6.09. The van der Waals surface area contributed by atoms with Gasteiger partial charge >= 0.3 is 0 Å². The standard InChI is InChI=1S/C14H20N4O4S/c1-8-12(14-18-17-10(3)22-14)13(9(2)16-8)23(19,20)15-7-11-5-4-6-21-11/h11,15-16H,4-7H2,1-3H3/t11-/m1/s1. The number of nitrogens with one attached hydrogen (secondary N) is 2. The molecule has 8 nitrogen and oxygen atoms in total. The van der Waals surface area contributed by atoms with E-state index >= 15 is 0 Å². The normalized spacial score (nSPS) is 18.7. The van der Waals surface area contributed by atoms with Gasteiger partial charge in [0.1, 0.15) is 4.90 Å². The maximum atomic E-state index is 12.7. The van der Waals surface area contributed by atoms with Gasteiger partial charge in [0.15, 0.2) is 0 Å². The first kappa shape index (κ1) is 16.2. The molecule has 1 saturated heterocycles. The van der Waals surface area contributed by atoms with E-state index in [0.29, 0.717) is 29.4 Å². The van der Waals surface area contributed by atoms with Crippen molar-refractivity contribution >= 4 is 10.0 Å². The Morgan fingerprint density at radius 1 is 1.26 bits per heavy atom. The summed E-state index contributed by atoms with van der Waals surface area (Å²) in [5, 5.41) is 7.73. The molecule has 0 radical (unpaired) electrons. The molecule has 3 rings (SSSR count). The molecule has 1 aliphatic heterocycles. The van der Waals surface area contributed by atoms with E-state index in [0.717, 1.165) is 12.8 Å². The number of ether oxygens (including phenoxy) is 1. The second kappa shape index (κ2) is 6.06. The van der Waals surface area contributed by atoms with Gasteiger partial charge in [0.25, 0.3) is 5.89 Å². The number of hydrogen-bond donors (Lipinski definition) is 2. The van der Waals surface area contributed by atoms with E-state index < -0.39 is 10.0 Å². The highest BCUT2D eigenvalue weighted by molar-refractivity contribution is 7.89. The second-order valence-electron chi connectivity index (χ2n) is 5.69. The lowest BCUT2D eigenvalue weighted by Gasteiger charge is -2.12. The molecule has 3 heterocycles. The molecule has 1 atom stereocenters.